The van der Waals surface area contributed by atoms with Crippen molar-refractivity contribution in [3.8, 4) is 0 Å². The van der Waals surface area contributed by atoms with Gasteiger partial charge in [0.05, 0.1) is 0 Å². The number of imide groups is 1. The van der Waals surface area contributed by atoms with Crippen molar-refractivity contribution in [1.29, 1.82) is 0 Å². The fourth-order valence-corrected chi connectivity index (χ4v) is 3.75. The number of hydrogen-bond acceptors (Lipinski definition) is 3. The Morgan fingerprint density at radius 3 is 2.68 bits per heavy atom. The van der Waals surface area contributed by atoms with E-state index in [2.05, 4.69) is 10.6 Å². The number of amides is 4. The van der Waals surface area contributed by atoms with E-state index in [9.17, 15) is 14.4 Å². The maximum atomic E-state index is 12.8. The average Bonchev–Trinajstić information content (AvgIpc) is 2.82. The van der Waals surface area contributed by atoms with E-state index in [1.54, 1.807) is 0 Å². The molecular formula is C19H25N3O3. The fourth-order valence-electron chi connectivity index (χ4n) is 3.75. The van der Waals surface area contributed by atoms with Gasteiger partial charge < -0.3 is 10.6 Å². The first kappa shape index (κ1) is 17.5. The maximum absolute atomic E-state index is 12.8. The third kappa shape index (κ3) is 3.38. The second kappa shape index (κ2) is 6.86. The molecule has 1 saturated heterocycles. The maximum Gasteiger partial charge on any atom is 0.325 e. The van der Waals surface area contributed by atoms with Gasteiger partial charge in [-0.3, -0.25) is 14.5 Å². The Balaban J connectivity index is 1.60. The molecule has 1 aliphatic carbocycles. The summed E-state index contributed by atoms with van der Waals surface area (Å²) in [6, 6.07) is 7.40. The summed E-state index contributed by atoms with van der Waals surface area (Å²) in [5.41, 5.74) is 1.32. The number of rotatable bonds is 4. The zero-order valence-electron chi connectivity index (χ0n) is 14.8. The van der Waals surface area contributed by atoms with Crippen LogP contribution in [0.2, 0.25) is 0 Å². The molecule has 6 heteroatoms. The first-order valence-corrected chi connectivity index (χ1v) is 8.89. The van der Waals surface area contributed by atoms with Crippen LogP contribution in [0.3, 0.4) is 0 Å². The Morgan fingerprint density at radius 2 is 2.00 bits per heavy atom. The highest BCUT2D eigenvalue weighted by Gasteiger charge is 2.55. The van der Waals surface area contributed by atoms with Gasteiger partial charge in [0, 0.05) is 6.54 Å². The van der Waals surface area contributed by atoms with Crippen LogP contribution < -0.4 is 10.6 Å². The minimum absolute atomic E-state index is 0.0957. The van der Waals surface area contributed by atoms with Gasteiger partial charge >= 0.3 is 6.03 Å². The van der Waals surface area contributed by atoms with Gasteiger partial charge in [0.25, 0.3) is 5.91 Å². The van der Waals surface area contributed by atoms with E-state index in [1.165, 1.54) is 0 Å². The molecule has 1 aliphatic heterocycles. The summed E-state index contributed by atoms with van der Waals surface area (Å²) in [5.74, 6) is -0.488. The van der Waals surface area contributed by atoms with Crippen LogP contribution in [0, 0.1) is 12.8 Å². The molecule has 2 N–H and O–H groups in total. The van der Waals surface area contributed by atoms with Crippen molar-refractivity contribution in [3.63, 3.8) is 0 Å². The van der Waals surface area contributed by atoms with E-state index >= 15 is 0 Å². The molecule has 3 rings (SSSR count). The first-order valence-electron chi connectivity index (χ1n) is 8.89. The van der Waals surface area contributed by atoms with Gasteiger partial charge in [0.15, 0.2) is 0 Å². The van der Waals surface area contributed by atoms with Crippen molar-refractivity contribution in [2.45, 2.75) is 51.6 Å². The third-order valence-corrected chi connectivity index (χ3v) is 5.41. The minimum Gasteiger partial charge on any atom is -0.350 e. The zero-order chi connectivity index (χ0) is 18.0. The summed E-state index contributed by atoms with van der Waals surface area (Å²) in [5, 5.41) is 5.64. The second-order valence-corrected chi connectivity index (χ2v) is 7.20. The number of hydrogen-bond donors (Lipinski definition) is 2. The molecule has 1 aromatic carbocycles. The molecule has 2 fully saturated rings. The van der Waals surface area contributed by atoms with Crippen molar-refractivity contribution in [2.24, 2.45) is 5.92 Å². The van der Waals surface area contributed by atoms with E-state index in [0.29, 0.717) is 13.0 Å². The number of benzene rings is 1. The van der Waals surface area contributed by atoms with E-state index in [0.717, 1.165) is 35.3 Å². The molecule has 2 aliphatic rings. The van der Waals surface area contributed by atoms with Gasteiger partial charge in [-0.15, -0.1) is 0 Å². The average molecular weight is 343 g/mol. The standard InChI is InChI=1S/C19H25N3O3/c1-13-6-8-15(9-7-13)11-20-16(23)12-22-17(24)19(21-18(22)25)10-4-3-5-14(19)2/h6-9,14H,3-5,10-12H2,1-2H3,(H,20,23)(H,21,25)/t14-,19-/m0/s1. The van der Waals surface area contributed by atoms with Crippen LogP contribution in [0.5, 0.6) is 0 Å². The highest BCUT2D eigenvalue weighted by atomic mass is 16.2. The highest BCUT2D eigenvalue weighted by Crippen LogP contribution is 2.38. The molecule has 6 nitrogen and oxygen atoms in total. The van der Waals surface area contributed by atoms with Gasteiger partial charge in [0.2, 0.25) is 5.91 Å². The minimum atomic E-state index is -0.813. The number of urea groups is 1. The molecule has 1 heterocycles. The van der Waals surface area contributed by atoms with Crippen LogP contribution in [0.25, 0.3) is 0 Å². The largest absolute Gasteiger partial charge is 0.350 e. The monoisotopic (exact) mass is 343 g/mol. The van der Waals surface area contributed by atoms with Crippen LogP contribution in [0.4, 0.5) is 4.79 Å². The SMILES string of the molecule is Cc1ccc(CNC(=O)CN2C(=O)N[C@]3(CCCC[C@@H]3C)C2=O)cc1. The van der Waals surface area contributed by atoms with Gasteiger partial charge in [-0.2, -0.15) is 0 Å². The van der Waals surface area contributed by atoms with Crippen molar-refractivity contribution < 1.29 is 14.4 Å². The summed E-state index contributed by atoms with van der Waals surface area (Å²) in [6.07, 6.45) is 3.56. The summed E-state index contributed by atoms with van der Waals surface area (Å²) in [4.78, 5) is 38.3. The van der Waals surface area contributed by atoms with Crippen molar-refractivity contribution in [1.82, 2.24) is 15.5 Å². The van der Waals surface area contributed by atoms with Gasteiger partial charge in [0.1, 0.15) is 12.1 Å². The van der Waals surface area contributed by atoms with Crippen molar-refractivity contribution in [3.05, 3.63) is 35.4 Å². The van der Waals surface area contributed by atoms with Crippen LogP contribution >= 0.6 is 0 Å². The lowest BCUT2D eigenvalue weighted by atomic mass is 9.73. The molecule has 4 amide bonds. The molecule has 1 aromatic rings. The summed E-state index contributed by atoms with van der Waals surface area (Å²) >= 11 is 0. The van der Waals surface area contributed by atoms with Crippen LogP contribution in [0.1, 0.15) is 43.7 Å². The molecule has 1 spiro atoms. The lowest BCUT2D eigenvalue weighted by Crippen LogP contribution is -2.54. The van der Waals surface area contributed by atoms with E-state index in [4.69, 9.17) is 0 Å². The summed E-state index contributed by atoms with van der Waals surface area (Å²) < 4.78 is 0. The van der Waals surface area contributed by atoms with Crippen LogP contribution in [-0.4, -0.2) is 34.8 Å². The normalized spacial score (nSPS) is 26.0. The van der Waals surface area contributed by atoms with Crippen molar-refractivity contribution in [2.75, 3.05) is 6.54 Å². The Morgan fingerprint density at radius 1 is 1.28 bits per heavy atom. The number of carbonyl (C=O) groups excluding carboxylic acids is 3. The Hall–Kier alpha value is -2.37. The number of carbonyl (C=O) groups is 3. The third-order valence-electron chi connectivity index (χ3n) is 5.41. The Labute approximate surface area is 148 Å². The molecule has 134 valence electrons. The Kier molecular flexibility index (Phi) is 4.79. The van der Waals surface area contributed by atoms with Gasteiger partial charge in [-0.05, 0) is 31.2 Å². The summed E-state index contributed by atoms with van der Waals surface area (Å²) in [6.45, 7) is 4.15. The topological polar surface area (TPSA) is 78.5 Å². The number of aryl methyl sites for hydroxylation is 1. The van der Waals surface area contributed by atoms with Gasteiger partial charge in [-0.25, -0.2) is 4.79 Å². The van der Waals surface area contributed by atoms with Gasteiger partial charge in [-0.1, -0.05) is 49.6 Å². The highest BCUT2D eigenvalue weighted by molar-refractivity contribution is 6.09. The summed E-state index contributed by atoms with van der Waals surface area (Å²) in [7, 11) is 0. The van der Waals surface area contributed by atoms with Crippen molar-refractivity contribution >= 4 is 17.8 Å². The number of nitrogens with one attached hydrogen (secondary N) is 2. The quantitative estimate of drug-likeness (QED) is 0.822. The van der Waals surface area contributed by atoms with Crippen LogP contribution in [-0.2, 0) is 16.1 Å². The molecular weight excluding hydrogens is 318 g/mol. The first-order chi connectivity index (χ1) is 11.9. The lowest BCUT2D eigenvalue weighted by Gasteiger charge is -2.36. The molecule has 1 saturated carbocycles. The molecule has 0 radical (unpaired) electrons. The molecule has 0 bridgehead atoms. The predicted molar refractivity (Wildman–Crippen MR) is 93.6 cm³/mol. The van der Waals surface area contributed by atoms with Crippen LogP contribution in [0.15, 0.2) is 24.3 Å². The predicted octanol–water partition coefficient (Wildman–Crippen LogP) is 2.11. The van der Waals surface area contributed by atoms with E-state index < -0.39 is 11.6 Å². The van der Waals surface area contributed by atoms with E-state index in [1.807, 2.05) is 38.1 Å². The molecule has 0 unspecified atom stereocenters. The smallest absolute Gasteiger partial charge is 0.325 e. The molecule has 2 atom stereocenters. The second-order valence-electron chi connectivity index (χ2n) is 7.20. The molecule has 25 heavy (non-hydrogen) atoms. The fraction of sp³-hybridized carbons (Fsp3) is 0.526. The lowest BCUT2D eigenvalue weighted by molar-refractivity contribution is -0.137. The zero-order valence-corrected chi connectivity index (χ0v) is 14.8. The molecule has 0 aromatic heterocycles. The number of nitrogens with zero attached hydrogens (tertiary/aromatic N) is 1. The van der Waals surface area contributed by atoms with E-state index in [-0.39, 0.29) is 24.3 Å². The Bertz CT molecular complexity index is 686.